The van der Waals surface area contributed by atoms with Crippen molar-refractivity contribution in [2.45, 2.75) is 32.9 Å². The fraction of sp³-hybridized carbons (Fsp3) is 0.261. The van der Waals surface area contributed by atoms with Crippen molar-refractivity contribution in [3.05, 3.63) is 62.5 Å². The molecule has 0 unspecified atom stereocenters. The van der Waals surface area contributed by atoms with E-state index in [4.69, 9.17) is 9.47 Å². The number of amides is 2. The molecule has 1 atom stereocenters. The highest BCUT2D eigenvalue weighted by molar-refractivity contribution is 9.10. The largest absolute Gasteiger partial charge is 0.493 e. The van der Waals surface area contributed by atoms with Crippen molar-refractivity contribution in [2.24, 2.45) is 0 Å². The van der Waals surface area contributed by atoms with Gasteiger partial charge in [0.2, 0.25) is 0 Å². The number of hydrogen-bond acceptors (Lipinski definition) is 6. The number of hydrogen-bond donors (Lipinski definition) is 0. The fourth-order valence-corrected chi connectivity index (χ4v) is 4.39. The number of benzene rings is 2. The molecule has 160 valence electrons. The monoisotopic (exact) mass is 500 g/mol. The van der Waals surface area contributed by atoms with Crippen LogP contribution in [0.25, 0.3) is 6.08 Å². The van der Waals surface area contributed by atoms with Crippen LogP contribution in [0.2, 0.25) is 0 Å². The van der Waals surface area contributed by atoms with E-state index in [0.717, 1.165) is 17.3 Å². The highest BCUT2D eigenvalue weighted by Gasteiger charge is 2.37. The third-order valence-electron chi connectivity index (χ3n) is 4.95. The molecule has 1 aliphatic heterocycles. The summed E-state index contributed by atoms with van der Waals surface area (Å²) in [7, 11) is 1.53. The second-order valence-electron chi connectivity index (χ2n) is 6.89. The van der Waals surface area contributed by atoms with Gasteiger partial charge in [-0.15, -0.1) is 0 Å². The zero-order valence-corrected chi connectivity index (χ0v) is 19.7. The first kappa shape index (κ1) is 22.9. The minimum Gasteiger partial charge on any atom is -0.493 e. The standard InChI is InChI=1S/C23H21BrN2O4S/c1-4-14(2)26-22(27)21(31-23(26)28)10-17-9-19(29-3)20(11-18(17)24)30-13-16-8-6-5-7-15(16)12-25/h5-11,14H,4,13H2,1-3H3/b21-10+/t14-/m1/s1. The van der Waals surface area contributed by atoms with Crippen LogP contribution in [0.4, 0.5) is 4.79 Å². The molecule has 31 heavy (non-hydrogen) atoms. The Morgan fingerprint density at radius 3 is 2.68 bits per heavy atom. The highest BCUT2D eigenvalue weighted by Crippen LogP contribution is 2.39. The Balaban J connectivity index is 1.86. The van der Waals surface area contributed by atoms with Gasteiger partial charge in [-0.2, -0.15) is 5.26 Å². The zero-order valence-electron chi connectivity index (χ0n) is 17.3. The summed E-state index contributed by atoms with van der Waals surface area (Å²) in [5.74, 6) is 0.681. The van der Waals surface area contributed by atoms with Crippen molar-refractivity contribution in [1.82, 2.24) is 4.90 Å². The van der Waals surface area contributed by atoms with E-state index < -0.39 is 0 Å². The highest BCUT2D eigenvalue weighted by atomic mass is 79.9. The van der Waals surface area contributed by atoms with Crippen molar-refractivity contribution in [3.63, 3.8) is 0 Å². The van der Waals surface area contributed by atoms with Crippen molar-refractivity contribution < 1.29 is 19.1 Å². The summed E-state index contributed by atoms with van der Waals surface area (Å²) in [6.07, 6.45) is 2.37. The van der Waals surface area contributed by atoms with Crippen LogP contribution < -0.4 is 9.47 Å². The van der Waals surface area contributed by atoms with Crippen molar-refractivity contribution in [3.8, 4) is 17.6 Å². The van der Waals surface area contributed by atoms with E-state index in [1.165, 1.54) is 12.0 Å². The van der Waals surface area contributed by atoms with Crippen molar-refractivity contribution >= 4 is 44.9 Å². The van der Waals surface area contributed by atoms with Gasteiger partial charge < -0.3 is 9.47 Å². The Bertz CT molecular complexity index is 1090. The van der Waals surface area contributed by atoms with E-state index in [9.17, 15) is 14.9 Å². The number of carbonyl (C=O) groups is 2. The molecule has 2 aromatic carbocycles. The van der Waals surface area contributed by atoms with E-state index in [1.54, 1.807) is 30.3 Å². The molecule has 2 amide bonds. The molecular formula is C23H21BrN2O4S. The summed E-state index contributed by atoms with van der Waals surface area (Å²) in [6, 6.07) is 12.7. The van der Waals surface area contributed by atoms with Crippen LogP contribution in [-0.4, -0.2) is 29.2 Å². The Morgan fingerprint density at radius 1 is 1.26 bits per heavy atom. The SMILES string of the molecule is CC[C@@H](C)N1C(=O)S/C(=C/c2cc(OC)c(OCc3ccccc3C#N)cc2Br)C1=O. The summed E-state index contributed by atoms with van der Waals surface area (Å²) >= 11 is 4.45. The number of thioether (sulfide) groups is 1. The summed E-state index contributed by atoms with van der Waals surface area (Å²) in [6.45, 7) is 4.00. The van der Waals surface area contributed by atoms with Crippen LogP contribution in [0.5, 0.6) is 11.5 Å². The molecule has 0 spiro atoms. The Labute approximate surface area is 194 Å². The Kier molecular flexibility index (Phi) is 7.42. The molecule has 0 aromatic heterocycles. The maximum Gasteiger partial charge on any atom is 0.293 e. The van der Waals surface area contributed by atoms with E-state index in [2.05, 4.69) is 22.0 Å². The topological polar surface area (TPSA) is 79.6 Å². The number of nitriles is 1. The van der Waals surface area contributed by atoms with Gasteiger partial charge in [0.05, 0.1) is 23.6 Å². The number of carbonyl (C=O) groups excluding carboxylic acids is 2. The molecule has 1 fully saturated rings. The minimum absolute atomic E-state index is 0.150. The molecular weight excluding hydrogens is 480 g/mol. The third-order valence-corrected chi connectivity index (χ3v) is 6.52. The van der Waals surface area contributed by atoms with Crippen LogP contribution in [0.15, 0.2) is 45.8 Å². The van der Waals surface area contributed by atoms with Gasteiger partial charge in [0.25, 0.3) is 11.1 Å². The maximum absolute atomic E-state index is 12.7. The fourth-order valence-electron chi connectivity index (χ4n) is 3.03. The first-order valence-corrected chi connectivity index (χ1v) is 11.3. The van der Waals surface area contributed by atoms with Gasteiger partial charge in [0.1, 0.15) is 6.61 Å². The summed E-state index contributed by atoms with van der Waals surface area (Å²) in [5, 5.41) is 8.98. The van der Waals surface area contributed by atoms with Gasteiger partial charge in [-0.3, -0.25) is 14.5 Å². The molecule has 0 N–H and O–H groups in total. The van der Waals surface area contributed by atoms with Gasteiger partial charge in [0.15, 0.2) is 11.5 Å². The third kappa shape index (κ3) is 4.94. The lowest BCUT2D eigenvalue weighted by Crippen LogP contribution is -2.36. The predicted octanol–water partition coefficient (Wildman–Crippen LogP) is 5.74. The Morgan fingerprint density at radius 2 is 2.00 bits per heavy atom. The van der Waals surface area contributed by atoms with E-state index >= 15 is 0 Å². The smallest absolute Gasteiger partial charge is 0.293 e. The molecule has 1 heterocycles. The molecule has 6 nitrogen and oxygen atoms in total. The second kappa shape index (κ2) is 10.0. The molecule has 3 rings (SSSR count). The average molecular weight is 501 g/mol. The predicted molar refractivity (Wildman–Crippen MR) is 124 cm³/mol. The van der Waals surface area contributed by atoms with E-state index in [-0.39, 0.29) is 23.8 Å². The minimum atomic E-state index is -0.288. The van der Waals surface area contributed by atoms with Crippen LogP contribution in [0.3, 0.4) is 0 Å². The van der Waals surface area contributed by atoms with Gasteiger partial charge in [-0.05, 0) is 54.9 Å². The second-order valence-corrected chi connectivity index (χ2v) is 8.74. The number of methoxy groups -OCH3 is 1. The molecule has 0 bridgehead atoms. The number of ether oxygens (including phenoxy) is 2. The first-order valence-electron chi connectivity index (χ1n) is 9.65. The molecule has 1 aliphatic rings. The lowest BCUT2D eigenvalue weighted by atomic mass is 10.1. The van der Waals surface area contributed by atoms with Crippen LogP contribution in [-0.2, 0) is 11.4 Å². The Hall–Kier alpha value is -2.76. The number of nitrogens with zero attached hydrogens (tertiary/aromatic N) is 2. The van der Waals surface area contributed by atoms with Crippen molar-refractivity contribution in [2.75, 3.05) is 7.11 Å². The lowest BCUT2D eigenvalue weighted by Gasteiger charge is -2.19. The van der Waals surface area contributed by atoms with Gasteiger partial charge in [-0.1, -0.05) is 41.1 Å². The molecule has 1 saturated heterocycles. The number of rotatable bonds is 7. The van der Waals surface area contributed by atoms with Gasteiger partial charge in [-0.25, -0.2) is 0 Å². The summed E-state index contributed by atoms with van der Waals surface area (Å²) in [4.78, 5) is 26.6. The van der Waals surface area contributed by atoms with E-state index in [0.29, 0.717) is 38.4 Å². The first-order chi connectivity index (χ1) is 14.9. The number of imide groups is 1. The van der Waals surface area contributed by atoms with Crippen LogP contribution in [0, 0.1) is 11.3 Å². The van der Waals surface area contributed by atoms with Gasteiger partial charge in [0, 0.05) is 16.1 Å². The van der Waals surface area contributed by atoms with Crippen LogP contribution in [0.1, 0.15) is 37.0 Å². The van der Waals surface area contributed by atoms with Gasteiger partial charge >= 0.3 is 0 Å². The molecule has 2 aromatic rings. The average Bonchev–Trinajstić information content (AvgIpc) is 3.06. The summed E-state index contributed by atoms with van der Waals surface area (Å²) in [5.41, 5.74) is 2.01. The molecule has 0 radical (unpaired) electrons. The van der Waals surface area contributed by atoms with E-state index in [1.807, 2.05) is 26.0 Å². The van der Waals surface area contributed by atoms with Crippen LogP contribution >= 0.6 is 27.7 Å². The molecule has 0 saturated carbocycles. The quantitative estimate of drug-likeness (QED) is 0.450. The van der Waals surface area contributed by atoms with Crippen molar-refractivity contribution in [1.29, 1.82) is 5.26 Å². The maximum atomic E-state index is 12.7. The lowest BCUT2D eigenvalue weighted by molar-refractivity contribution is -0.124. The normalized spacial score (nSPS) is 15.8. The molecule has 0 aliphatic carbocycles. The summed E-state index contributed by atoms with van der Waals surface area (Å²) < 4.78 is 12.1. The zero-order chi connectivity index (χ0) is 22.5. The number of halogens is 1. The molecule has 8 heteroatoms.